The van der Waals surface area contributed by atoms with Crippen molar-refractivity contribution in [3.05, 3.63) is 96.1 Å². The summed E-state index contributed by atoms with van der Waals surface area (Å²) in [7, 11) is 0. The zero-order valence-corrected chi connectivity index (χ0v) is 22.5. The lowest BCUT2D eigenvalue weighted by atomic mass is 10.0. The maximum atomic E-state index is 2.41. The van der Waals surface area contributed by atoms with Gasteiger partial charge >= 0.3 is 0 Å². The zero-order chi connectivity index (χ0) is 24.6. The Bertz CT molecular complexity index is 1980. The standard InChI is InChI=1S/C32H20S2.C2H6/c1-17-3-5-19-13-29-25(9-21(19)7-17)27-11-23-16-32-28(12-24(23)15-31(27)33-29)26-10-22-8-18(2)4-6-20(22)14-30(26)34-32;1-2/h3-16H,1-2H3;1-2H3. The van der Waals surface area contributed by atoms with Gasteiger partial charge in [-0.3, -0.25) is 0 Å². The number of rotatable bonds is 0. The summed E-state index contributed by atoms with van der Waals surface area (Å²) in [6, 6.07) is 32.6. The van der Waals surface area contributed by atoms with E-state index in [9.17, 15) is 0 Å². The Labute approximate surface area is 218 Å². The van der Waals surface area contributed by atoms with Gasteiger partial charge in [0, 0.05) is 40.3 Å². The number of thiophene rings is 2. The first-order valence-electron chi connectivity index (χ1n) is 12.7. The fourth-order valence-electron chi connectivity index (χ4n) is 5.52. The van der Waals surface area contributed by atoms with Gasteiger partial charge in [0.1, 0.15) is 0 Å². The van der Waals surface area contributed by atoms with Crippen molar-refractivity contribution in [3.8, 4) is 0 Å². The first-order valence-corrected chi connectivity index (χ1v) is 14.3. The largest absolute Gasteiger partial charge is 0.135 e. The van der Waals surface area contributed by atoms with Crippen LogP contribution in [0, 0.1) is 13.8 Å². The van der Waals surface area contributed by atoms with E-state index in [-0.39, 0.29) is 0 Å². The minimum atomic E-state index is 1.31. The van der Waals surface area contributed by atoms with E-state index in [2.05, 4.69) is 98.8 Å². The minimum Gasteiger partial charge on any atom is -0.135 e. The van der Waals surface area contributed by atoms with Gasteiger partial charge in [-0.2, -0.15) is 0 Å². The van der Waals surface area contributed by atoms with Crippen LogP contribution >= 0.6 is 22.7 Å². The number of fused-ring (bicyclic) bond motifs is 9. The topological polar surface area (TPSA) is 0 Å². The van der Waals surface area contributed by atoms with E-state index in [1.807, 2.05) is 36.5 Å². The molecule has 0 aliphatic carbocycles. The van der Waals surface area contributed by atoms with E-state index in [0.29, 0.717) is 0 Å². The van der Waals surface area contributed by atoms with Gasteiger partial charge in [0.15, 0.2) is 0 Å². The third-order valence-corrected chi connectivity index (χ3v) is 9.48. The predicted molar refractivity (Wildman–Crippen MR) is 166 cm³/mol. The summed E-state index contributed by atoms with van der Waals surface area (Å²) < 4.78 is 5.48. The van der Waals surface area contributed by atoms with E-state index in [1.165, 1.54) is 83.8 Å². The molecule has 2 aromatic heterocycles. The molecule has 6 aromatic carbocycles. The summed E-state index contributed by atoms with van der Waals surface area (Å²) in [5.74, 6) is 0. The zero-order valence-electron chi connectivity index (χ0n) is 20.9. The number of aryl methyl sites for hydroxylation is 2. The Morgan fingerprint density at radius 3 is 1.03 bits per heavy atom. The predicted octanol–water partition coefficient (Wildman–Crippen LogP) is 11.5. The summed E-state index contributed by atoms with van der Waals surface area (Å²) >= 11 is 3.83. The van der Waals surface area contributed by atoms with Gasteiger partial charge in [0.05, 0.1) is 0 Å². The first kappa shape index (κ1) is 21.8. The maximum Gasteiger partial charge on any atom is 0.0361 e. The van der Waals surface area contributed by atoms with Crippen molar-refractivity contribution >= 4 is 95.3 Å². The molecule has 2 heterocycles. The van der Waals surface area contributed by atoms with Crippen molar-refractivity contribution in [2.24, 2.45) is 0 Å². The molecule has 0 unspecified atom stereocenters. The normalized spacial score (nSPS) is 11.9. The Morgan fingerprint density at radius 1 is 0.361 bits per heavy atom. The van der Waals surface area contributed by atoms with Crippen LogP contribution in [0.1, 0.15) is 25.0 Å². The van der Waals surface area contributed by atoms with E-state index >= 15 is 0 Å². The van der Waals surface area contributed by atoms with Gasteiger partial charge in [-0.05, 0) is 94.7 Å². The molecule has 174 valence electrons. The van der Waals surface area contributed by atoms with Crippen LogP contribution in [0.3, 0.4) is 0 Å². The average molecular weight is 499 g/mol. The van der Waals surface area contributed by atoms with Crippen molar-refractivity contribution < 1.29 is 0 Å². The van der Waals surface area contributed by atoms with E-state index in [1.54, 1.807) is 0 Å². The van der Waals surface area contributed by atoms with Gasteiger partial charge < -0.3 is 0 Å². The highest BCUT2D eigenvalue weighted by molar-refractivity contribution is 7.26. The second-order valence-electron chi connectivity index (χ2n) is 9.65. The monoisotopic (exact) mass is 498 g/mol. The third kappa shape index (κ3) is 3.25. The van der Waals surface area contributed by atoms with Gasteiger partial charge in [-0.15, -0.1) is 22.7 Å². The molecule has 0 fully saturated rings. The quantitative estimate of drug-likeness (QED) is 0.195. The summed E-state index contributed by atoms with van der Waals surface area (Å²) in [4.78, 5) is 0. The van der Waals surface area contributed by atoms with Crippen LogP contribution in [0.25, 0.3) is 72.7 Å². The molecule has 8 aromatic rings. The smallest absolute Gasteiger partial charge is 0.0361 e. The number of hydrogen-bond acceptors (Lipinski definition) is 2. The van der Waals surface area contributed by atoms with Gasteiger partial charge in [-0.1, -0.05) is 61.4 Å². The van der Waals surface area contributed by atoms with Crippen molar-refractivity contribution in [2.45, 2.75) is 27.7 Å². The molecule has 0 radical (unpaired) electrons. The average Bonchev–Trinajstić information content (AvgIpc) is 3.40. The minimum absolute atomic E-state index is 1.31. The lowest BCUT2D eigenvalue weighted by Gasteiger charge is -2.03. The molecule has 0 aliphatic heterocycles. The number of benzene rings is 6. The van der Waals surface area contributed by atoms with Gasteiger partial charge in [0.2, 0.25) is 0 Å². The molecule has 0 N–H and O–H groups in total. The van der Waals surface area contributed by atoms with Crippen LogP contribution in [0.4, 0.5) is 0 Å². The van der Waals surface area contributed by atoms with Crippen molar-refractivity contribution in [3.63, 3.8) is 0 Å². The third-order valence-electron chi connectivity index (χ3n) is 7.25. The van der Waals surface area contributed by atoms with Crippen LogP contribution < -0.4 is 0 Å². The molecule has 36 heavy (non-hydrogen) atoms. The van der Waals surface area contributed by atoms with Crippen LogP contribution in [0.2, 0.25) is 0 Å². The second kappa shape index (κ2) is 8.03. The molecular weight excluding hydrogens is 473 g/mol. The Hall–Kier alpha value is -3.46. The van der Waals surface area contributed by atoms with Crippen molar-refractivity contribution in [1.29, 1.82) is 0 Å². The highest BCUT2D eigenvalue weighted by Crippen LogP contribution is 2.42. The molecule has 0 amide bonds. The summed E-state index contributed by atoms with van der Waals surface area (Å²) in [6.45, 7) is 8.34. The van der Waals surface area contributed by atoms with Crippen LogP contribution in [-0.4, -0.2) is 0 Å². The van der Waals surface area contributed by atoms with Crippen molar-refractivity contribution in [1.82, 2.24) is 0 Å². The highest BCUT2D eigenvalue weighted by Gasteiger charge is 2.12. The molecule has 0 atom stereocenters. The summed E-state index contributed by atoms with van der Waals surface area (Å²) in [5, 5.41) is 13.5. The van der Waals surface area contributed by atoms with Crippen LogP contribution in [0.15, 0.2) is 84.9 Å². The molecule has 8 rings (SSSR count). The molecule has 2 heteroatoms. The fourth-order valence-corrected chi connectivity index (χ4v) is 7.85. The van der Waals surface area contributed by atoms with E-state index in [4.69, 9.17) is 0 Å². The summed E-state index contributed by atoms with van der Waals surface area (Å²) in [5.41, 5.74) is 2.62. The lowest BCUT2D eigenvalue weighted by molar-refractivity contribution is 1.50. The van der Waals surface area contributed by atoms with Gasteiger partial charge in [-0.25, -0.2) is 0 Å². The Morgan fingerprint density at radius 2 is 0.667 bits per heavy atom. The Kier molecular flexibility index (Phi) is 4.86. The molecule has 0 bridgehead atoms. The summed E-state index contributed by atoms with van der Waals surface area (Å²) in [6.07, 6.45) is 0. The van der Waals surface area contributed by atoms with Crippen molar-refractivity contribution in [2.75, 3.05) is 0 Å². The molecule has 0 spiro atoms. The fraction of sp³-hybridized carbons (Fsp3) is 0.118. The van der Waals surface area contributed by atoms with E-state index in [0.717, 1.165) is 0 Å². The van der Waals surface area contributed by atoms with Crippen LogP contribution in [0.5, 0.6) is 0 Å². The maximum absolute atomic E-state index is 2.41. The molecule has 0 nitrogen and oxygen atoms in total. The van der Waals surface area contributed by atoms with E-state index < -0.39 is 0 Å². The SMILES string of the molecule is CC.Cc1ccc2cc3sc4cc5cc6c(cc5cc4c3cc2c1)sc1cc2ccc(C)cc2cc16. The molecular formula is C34H26S2. The number of hydrogen-bond donors (Lipinski definition) is 0. The molecule has 0 saturated carbocycles. The lowest BCUT2D eigenvalue weighted by Crippen LogP contribution is -1.77. The first-order chi connectivity index (χ1) is 17.6. The van der Waals surface area contributed by atoms with Crippen LogP contribution in [-0.2, 0) is 0 Å². The molecule has 0 saturated heterocycles. The van der Waals surface area contributed by atoms with Gasteiger partial charge in [0.25, 0.3) is 0 Å². The Balaban J connectivity index is 0.00000108. The second-order valence-corrected chi connectivity index (χ2v) is 11.8. The molecule has 0 aliphatic rings. The highest BCUT2D eigenvalue weighted by atomic mass is 32.1.